The Morgan fingerprint density at radius 2 is 1.76 bits per heavy atom. The molecule has 0 saturated heterocycles. The van der Waals surface area contributed by atoms with Gasteiger partial charge in [0.15, 0.2) is 0 Å². The largest absolute Gasteiger partial charge is 0.508 e. The van der Waals surface area contributed by atoms with Crippen molar-refractivity contribution in [1.82, 2.24) is 5.32 Å². The van der Waals surface area contributed by atoms with Crippen LogP contribution < -0.4 is 5.32 Å². The first kappa shape index (κ1) is 15.9. The second kappa shape index (κ2) is 8.05. The van der Waals surface area contributed by atoms with Crippen molar-refractivity contribution in [2.24, 2.45) is 0 Å². The molecule has 4 heteroatoms. The number of likely N-dealkylation sites (N-methyl/N-ethyl adjacent to an activating group) is 1. The van der Waals surface area contributed by atoms with Gasteiger partial charge in [-0.1, -0.05) is 19.1 Å². The average molecular weight is 305 g/mol. The van der Waals surface area contributed by atoms with Gasteiger partial charge >= 0.3 is 0 Å². The van der Waals surface area contributed by atoms with Gasteiger partial charge in [-0.05, 0) is 54.9 Å². The van der Waals surface area contributed by atoms with E-state index in [1.807, 2.05) is 24.3 Å². The number of phenolic OH excluding ortho intramolecular Hbond substituents is 1. The number of halogens is 1. The summed E-state index contributed by atoms with van der Waals surface area (Å²) >= 11 is 1.72. The fraction of sp³-hybridized carbons (Fsp3) is 0.294. The van der Waals surface area contributed by atoms with Crippen LogP contribution in [0, 0.1) is 5.82 Å². The van der Waals surface area contributed by atoms with Crippen LogP contribution in [0.25, 0.3) is 0 Å². The van der Waals surface area contributed by atoms with Gasteiger partial charge in [0.1, 0.15) is 11.6 Å². The molecule has 2 N–H and O–H groups in total. The predicted molar refractivity (Wildman–Crippen MR) is 86.4 cm³/mol. The Balaban J connectivity index is 1.92. The first-order valence-electron chi connectivity index (χ1n) is 7.07. The molecule has 0 bridgehead atoms. The quantitative estimate of drug-likeness (QED) is 0.762. The molecular formula is C17H20FNOS. The Bertz CT molecular complexity index is 542. The molecular weight excluding hydrogens is 285 g/mol. The van der Waals surface area contributed by atoms with Crippen LogP contribution in [-0.2, 0) is 6.42 Å². The fourth-order valence-electron chi connectivity index (χ4n) is 2.12. The summed E-state index contributed by atoms with van der Waals surface area (Å²) in [5.74, 6) is 1.01. The standard InChI is InChI=1S/C17H20FNOS/c1-2-19-15(11-13-3-7-16(20)8-4-13)12-21-17-9-5-14(18)6-10-17/h3-10,15,19-20H,2,11-12H2,1H3. The molecule has 1 atom stereocenters. The average Bonchev–Trinajstić information content (AvgIpc) is 2.49. The first-order valence-corrected chi connectivity index (χ1v) is 8.05. The molecule has 2 rings (SSSR count). The smallest absolute Gasteiger partial charge is 0.123 e. The number of rotatable bonds is 7. The number of phenols is 1. The molecule has 0 fully saturated rings. The minimum Gasteiger partial charge on any atom is -0.508 e. The highest BCUT2D eigenvalue weighted by molar-refractivity contribution is 7.99. The lowest BCUT2D eigenvalue weighted by molar-refractivity contribution is 0.474. The van der Waals surface area contributed by atoms with E-state index in [4.69, 9.17) is 0 Å². The highest BCUT2D eigenvalue weighted by Crippen LogP contribution is 2.20. The van der Waals surface area contributed by atoms with Crippen molar-refractivity contribution >= 4 is 11.8 Å². The van der Waals surface area contributed by atoms with Crippen LogP contribution in [0.4, 0.5) is 4.39 Å². The maximum atomic E-state index is 12.9. The van der Waals surface area contributed by atoms with E-state index < -0.39 is 0 Å². The van der Waals surface area contributed by atoms with E-state index in [1.54, 1.807) is 23.9 Å². The molecule has 0 aromatic heterocycles. The summed E-state index contributed by atoms with van der Waals surface area (Å²) in [6.45, 7) is 3.00. The predicted octanol–water partition coefficient (Wildman–Crippen LogP) is 3.84. The van der Waals surface area contributed by atoms with Crippen LogP contribution in [0.5, 0.6) is 5.75 Å². The molecule has 0 aliphatic rings. The molecule has 0 heterocycles. The third kappa shape index (κ3) is 5.40. The fourth-order valence-corrected chi connectivity index (χ4v) is 3.08. The zero-order chi connectivity index (χ0) is 15.1. The van der Waals surface area contributed by atoms with Crippen molar-refractivity contribution in [3.63, 3.8) is 0 Å². The molecule has 2 aromatic carbocycles. The van der Waals surface area contributed by atoms with Crippen molar-refractivity contribution in [3.05, 3.63) is 59.9 Å². The van der Waals surface area contributed by atoms with E-state index >= 15 is 0 Å². The van der Waals surface area contributed by atoms with Gasteiger partial charge in [-0.3, -0.25) is 0 Å². The maximum absolute atomic E-state index is 12.9. The van der Waals surface area contributed by atoms with E-state index in [1.165, 1.54) is 17.7 Å². The van der Waals surface area contributed by atoms with Crippen LogP contribution in [0.3, 0.4) is 0 Å². The van der Waals surface area contributed by atoms with Gasteiger partial charge in [0.2, 0.25) is 0 Å². The SMILES string of the molecule is CCNC(CSc1ccc(F)cc1)Cc1ccc(O)cc1. The third-order valence-corrected chi connectivity index (χ3v) is 4.35. The lowest BCUT2D eigenvalue weighted by Crippen LogP contribution is -2.33. The van der Waals surface area contributed by atoms with Crippen molar-refractivity contribution in [2.75, 3.05) is 12.3 Å². The molecule has 21 heavy (non-hydrogen) atoms. The second-order valence-corrected chi connectivity index (χ2v) is 5.98. The highest BCUT2D eigenvalue weighted by Gasteiger charge is 2.09. The van der Waals surface area contributed by atoms with Gasteiger partial charge in [-0.25, -0.2) is 4.39 Å². The first-order chi connectivity index (χ1) is 10.2. The minimum atomic E-state index is -0.202. The van der Waals surface area contributed by atoms with Crippen LogP contribution in [0.2, 0.25) is 0 Å². The van der Waals surface area contributed by atoms with Crippen LogP contribution in [0.15, 0.2) is 53.4 Å². The zero-order valence-electron chi connectivity index (χ0n) is 12.1. The van der Waals surface area contributed by atoms with Crippen molar-refractivity contribution in [2.45, 2.75) is 24.3 Å². The Hall–Kier alpha value is -1.52. The number of aromatic hydroxyl groups is 1. The summed E-state index contributed by atoms with van der Waals surface area (Å²) in [4.78, 5) is 1.07. The maximum Gasteiger partial charge on any atom is 0.123 e. The summed E-state index contributed by atoms with van der Waals surface area (Å²) in [6.07, 6.45) is 0.905. The van der Waals surface area contributed by atoms with E-state index in [9.17, 15) is 9.50 Å². The third-order valence-electron chi connectivity index (χ3n) is 3.18. The lowest BCUT2D eigenvalue weighted by Gasteiger charge is -2.17. The van der Waals surface area contributed by atoms with E-state index in [2.05, 4.69) is 12.2 Å². The van der Waals surface area contributed by atoms with Crippen molar-refractivity contribution < 1.29 is 9.50 Å². The molecule has 0 aliphatic heterocycles. The zero-order valence-corrected chi connectivity index (χ0v) is 12.9. The summed E-state index contributed by atoms with van der Waals surface area (Å²) < 4.78 is 12.9. The number of nitrogens with one attached hydrogen (secondary N) is 1. The molecule has 0 radical (unpaired) electrons. The van der Waals surface area contributed by atoms with Gasteiger partial charge in [0.05, 0.1) is 0 Å². The molecule has 0 amide bonds. The summed E-state index contributed by atoms with van der Waals surface area (Å²) in [6, 6.07) is 14.3. The summed E-state index contributed by atoms with van der Waals surface area (Å²) in [5, 5.41) is 12.8. The number of hydrogen-bond acceptors (Lipinski definition) is 3. The van der Waals surface area contributed by atoms with Gasteiger partial charge in [-0.15, -0.1) is 11.8 Å². The number of thioether (sulfide) groups is 1. The number of benzene rings is 2. The summed E-state index contributed by atoms with van der Waals surface area (Å²) in [5.41, 5.74) is 1.19. The lowest BCUT2D eigenvalue weighted by atomic mass is 10.1. The van der Waals surface area contributed by atoms with E-state index in [-0.39, 0.29) is 5.82 Å². The molecule has 112 valence electrons. The molecule has 2 nitrogen and oxygen atoms in total. The molecule has 2 aromatic rings. The van der Waals surface area contributed by atoms with Crippen LogP contribution in [-0.4, -0.2) is 23.4 Å². The van der Waals surface area contributed by atoms with Gasteiger partial charge in [0, 0.05) is 16.7 Å². The topological polar surface area (TPSA) is 32.3 Å². The highest BCUT2D eigenvalue weighted by atomic mass is 32.2. The Kier molecular flexibility index (Phi) is 6.08. The molecule has 0 saturated carbocycles. The van der Waals surface area contributed by atoms with Gasteiger partial charge in [0.25, 0.3) is 0 Å². The second-order valence-electron chi connectivity index (χ2n) is 4.89. The normalized spacial score (nSPS) is 12.3. The Morgan fingerprint density at radius 1 is 1.10 bits per heavy atom. The Labute approximate surface area is 129 Å². The summed E-state index contributed by atoms with van der Waals surface area (Å²) in [7, 11) is 0. The van der Waals surface area contributed by atoms with Crippen molar-refractivity contribution in [1.29, 1.82) is 0 Å². The van der Waals surface area contributed by atoms with Gasteiger partial charge in [-0.2, -0.15) is 0 Å². The van der Waals surface area contributed by atoms with Gasteiger partial charge < -0.3 is 10.4 Å². The molecule has 1 unspecified atom stereocenters. The van der Waals surface area contributed by atoms with Crippen LogP contribution in [0.1, 0.15) is 12.5 Å². The van der Waals surface area contributed by atoms with Crippen LogP contribution >= 0.6 is 11.8 Å². The minimum absolute atomic E-state index is 0.202. The van der Waals surface area contributed by atoms with E-state index in [0.29, 0.717) is 11.8 Å². The molecule has 0 spiro atoms. The van der Waals surface area contributed by atoms with Crippen molar-refractivity contribution in [3.8, 4) is 5.75 Å². The molecule has 0 aliphatic carbocycles. The number of hydrogen-bond donors (Lipinski definition) is 2. The van der Waals surface area contributed by atoms with E-state index in [0.717, 1.165) is 23.6 Å². The monoisotopic (exact) mass is 305 g/mol. The Morgan fingerprint density at radius 3 is 2.38 bits per heavy atom.